The highest BCUT2D eigenvalue weighted by molar-refractivity contribution is 7.14. The molecule has 7 heteroatoms. The molecule has 0 unspecified atom stereocenters. The lowest BCUT2D eigenvalue weighted by atomic mass is 9.80. The fraction of sp³-hybridized carbons (Fsp3) is 0.400. The van der Waals surface area contributed by atoms with E-state index in [0.29, 0.717) is 13.1 Å². The van der Waals surface area contributed by atoms with Crippen LogP contribution in [0.25, 0.3) is 10.6 Å². The van der Waals surface area contributed by atoms with Gasteiger partial charge in [-0.2, -0.15) is 0 Å². The number of carbonyl (C=O) groups excluding carboxylic acids is 1. The Balaban J connectivity index is 1.47. The van der Waals surface area contributed by atoms with Crippen LogP contribution in [-0.4, -0.2) is 33.5 Å². The molecule has 0 bridgehead atoms. The number of nitrogens with zero attached hydrogens (tertiary/aromatic N) is 2. The molecule has 22 heavy (non-hydrogen) atoms. The summed E-state index contributed by atoms with van der Waals surface area (Å²) in [4.78, 5) is 11.7. The zero-order valence-electron chi connectivity index (χ0n) is 12.1. The first-order chi connectivity index (χ1) is 10.6. The van der Waals surface area contributed by atoms with Gasteiger partial charge in [0.25, 0.3) is 0 Å². The lowest BCUT2D eigenvalue weighted by molar-refractivity contribution is -0.0290. The monoisotopic (exact) mass is 318 g/mol. The maximum Gasteiger partial charge on any atom is 0.315 e. The number of amides is 2. The van der Waals surface area contributed by atoms with Crippen LogP contribution in [0.15, 0.2) is 30.3 Å². The smallest absolute Gasteiger partial charge is 0.315 e. The minimum Gasteiger partial charge on any atom is -0.388 e. The Morgan fingerprint density at radius 3 is 2.68 bits per heavy atom. The van der Waals surface area contributed by atoms with Crippen molar-refractivity contribution in [2.24, 2.45) is 0 Å². The fourth-order valence-electron chi connectivity index (χ4n) is 2.25. The molecule has 2 aromatic rings. The van der Waals surface area contributed by atoms with Gasteiger partial charge in [0.1, 0.15) is 10.0 Å². The largest absolute Gasteiger partial charge is 0.388 e. The van der Waals surface area contributed by atoms with Crippen molar-refractivity contribution in [2.45, 2.75) is 31.4 Å². The number of urea groups is 1. The van der Waals surface area contributed by atoms with Gasteiger partial charge in [-0.3, -0.25) is 0 Å². The van der Waals surface area contributed by atoms with Crippen molar-refractivity contribution >= 4 is 17.4 Å². The van der Waals surface area contributed by atoms with Crippen LogP contribution in [0.4, 0.5) is 4.79 Å². The Bertz CT molecular complexity index is 640. The van der Waals surface area contributed by atoms with E-state index >= 15 is 0 Å². The summed E-state index contributed by atoms with van der Waals surface area (Å²) in [5.41, 5.74) is 0.309. The molecule has 3 N–H and O–H groups in total. The number of hydrogen-bond donors (Lipinski definition) is 3. The average molecular weight is 318 g/mol. The number of rotatable bonds is 5. The van der Waals surface area contributed by atoms with Gasteiger partial charge in [0.2, 0.25) is 0 Å². The van der Waals surface area contributed by atoms with Crippen LogP contribution in [0.2, 0.25) is 0 Å². The van der Waals surface area contributed by atoms with Gasteiger partial charge in [-0.05, 0) is 19.3 Å². The second-order valence-corrected chi connectivity index (χ2v) is 6.54. The van der Waals surface area contributed by atoms with Crippen LogP contribution in [0.3, 0.4) is 0 Å². The Hall–Kier alpha value is -1.99. The van der Waals surface area contributed by atoms with Crippen molar-refractivity contribution in [1.29, 1.82) is 0 Å². The maximum absolute atomic E-state index is 11.7. The quantitative estimate of drug-likeness (QED) is 0.786. The molecule has 1 aliphatic carbocycles. The molecule has 2 amide bonds. The Morgan fingerprint density at radius 1 is 1.23 bits per heavy atom. The molecule has 116 valence electrons. The minimum atomic E-state index is -0.708. The van der Waals surface area contributed by atoms with Crippen LogP contribution in [0.5, 0.6) is 0 Å². The van der Waals surface area contributed by atoms with Gasteiger partial charge in [0, 0.05) is 12.1 Å². The second-order valence-electron chi connectivity index (χ2n) is 5.48. The average Bonchev–Trinajstić information content (AvgIpc) is 2.99. The summed E-state index contributed by atoms with van der Waals surface area (Å²) in [7, 11) is 0. The van der Waals surface area contributed by atoms with Crippen LogP contribution in [-0.2, 0) is 6.54 Å². The van der Waals surface area contributed by atoms with Crippen molar-refractivity contribution in [1.82, 2.24) is 20.8 Å². The highest BCUT2D eigenvalue weighted by atomic mass is 32.1. The molecule has 1 aromatic heterocycles. The van der Waals surface area contributed by atoms with Crippen LogP contribution < -0.4 is 10.6 Å². The van der Waals surface area contributed by atoms with Gasteiger partial charge in [-0.15, -0.1) is 10.2 Å². The Labute approximate surface area is 132 Å². The molecule has 0 spiro atoms. The third-order valence-corrected chi connectivity index (χ3v) is 4.72. The van der Waals surface area contributed by atoms with E-state index in [4.69, 9.17) is 0 Å². The summed E-state index contributed by atoms with van der Waals surface area (Å²) in [6.07, 6.45) is 2.53. The molecular weight excluding hydrogens is 300 g/mol. The number of carbonyl (C=O) groups is 1. The third-order valence-electron chi connectivity index (χ3n) is 3.75. The van der Waals surface area contributed by atoms with Crippen LogP contribution >= 0.6 is 11.3 Å². The molecule has 1 aromatic carbocycles. The summed E-state index contributed by atoms with van der Waals surface area (Å²) in [6, 6.07) is 9.51. The first-order valence-electron chi connectivity index (χ1n) is 7.27. The zero-order chi connectivity index (χ0) is 15.4. The highest BCUT2D eigenvalue weighted by Gasteiger charge is 2.34. The van der Waals surface area contributed by atoms with E-state index in [9.17, 15) is 9.90 Å². The van der Waals surface area contributed by atoms with Crippen molar-refractivity contribution in [3.8, 4) is 10.6 Å². The van der Waals surface area contributed by atoms with E-state index in [1.807, 2.05) is 30.3 Å². The van der Waals surface area contributed by atoms with E-state index < -0.39 is 5.60 Å². The van der Waals surface area contributed by atoms with Gasteiger partial charge < -0.3 is 15.7 Å². The fourth-order valence-corrected chi connectivity index (χ4v) is 3.03. The number of hydrogen-bond acceptors (Lipinski definition) is 5. The van der Waals surface area contributed by atoms with Gasteiger partial charge in [0.05, 0.1) is 12.1 Å². The van der Waals surface area contributed by atoms with E-state index in [1.165, 1.54) is 11.3 Å². The first-order valence-corrected chi connectivity index (χ1v) is 8.08. The summed E-state index contributed by atoms with van der Waals surface area (Å²) in [5, 5.41) is 25.1. The van der Waals surface area contributed by atoms with Crippen LogP contribution in [0.1, 0.15) is 24.3 Å². The number of aromatic nitrogens is 2. The molecular formula is C15H18N4O2S. The molecule has 6 nitrogen and oxygen atoms in total. The molecule has 0 radical (unpaired) electrons. The molecule has 1 saturated carbocycles. The molecule has 0 saturated heterocycles. The molecule has 0 atom stereocenters. The number of nitrogens with one attached hydrogen (secondary N) is 2. The maximum atomic E-state index is 11.7. The van der Waals surface area contributed by atoms with Gasteiger partial charge in [-0.1, -0.05) is 41.7 Å². The standard InChI is InChI=1S/C15H18N4O2S/c20-14(17-10-15(21)7-4-8-15)16-9-12-18-19-13(22-12)11-5-2-1-3-6-11/h1-3,5-6,21H,4,7-10H2,(H2,16,17,20). The topological polar surface area (TPSA) is 87.1 Å². The number of benzene rings is 1. The van der Waals surface area contributed by atoms with Crippen LogP contribution in [0, 0.1) is 0 Å². The van der Waals surface area contributed by atoms with Crippen molar-refractivity contribution in [3.63, 3.8) is 0 Å². The van der Waals surface area contributed by atoms with E-state index in [1.54, 1.807) is 0 Å². The molecule has 1 heterocycles. The van der Waals surface area contributed by atoms with Gasteiger partial charge in [-0.25, -0.2) is 4.79 Å². The Kier molecular flexibility index (Phi) is 4.35. The summed E-state index contributed by atoms with van der Waals surface area (Å²) in [5.74, 6) is 0. The van der Waals surface area contributed by atoms with Gasteiger partial charge >= 0.3 is 6.03 Å². The van der Waals surface area contributed by atoms with E-state index in [0.717, 1.165) is 34.8 Å². The Morgan fingerprint density at radius 2 is 2.00 bits per heavy atom. The zero-order valence-corrected chi connectivity index (χ0v) is 12.9. The molecule has 3 rings (SSSR count). The number of aliphatic hydroxyl groups is 1. The minimum absolute atomic E-state index is 0.295. The third kappa shape index (κ3) is 3.61. The molecule has 1 fully saturated rings. The van der Waals surface area contributed by atoms with Crippen molar-refractivity contribution < 1.29 is 9.90 Å². The van der Waals surface area contributed by atoms with Gasteiger partial charge in [0.15, 0.2) is 0 Å². The summed E-state index contributed by atoms with van der Waals surface area (Å²) >= 11 is 1.45. The van der Waals surface area contributed by atoms with E-state index in [-0.39, 0.29) is 6.03 Å². The van der Waals surface area contributed by atoms with E-state index in [2.05, 4.69) is 20.8 Å². The normalized spacial score (nSPS) is 15.9. The lowest BCUT2D eigenvalue weighted by Crippen LogP contribution is -2.49. The lowest BCUT2D eigenvalue weighted by Gasteiger charge is -2.36. The summed E-state index contributed by atoms with van der Waals surface area (Å²) in [6.45, 7) is 0.624. The highest BCUT2D eigenvalue weighted by Crippen LogP contribution is 2.30. The molecule has 1 aliphatic rings. The summed E-state index contributed by atoms with van der Waals surface area (Å²) < 4.78 is 0. The SMILES string of the molecule is O=C(NCc1nnc(-c2ccccc2)s1)NCC1(O)CCC1. The van der Waals surface area contributed by atoms with Crippen molar-refractivity contribution in [2.75, 3.05) is 6.54 Å². The predicted octanol–water partition coefficient (Wildman–Crippen LogP) is 1.92. The second kappa shape index (κ2) is 6.41. The van der Waals surface area contributed by atoms with Crippen molar-refractivity contribution in [3.05, 3.63) is 35.3 Å². The molecule has 0 aliphatic heterocycles. The first kappa shape index (κ1) is 14.9. The predicted molar refractivity (Wildman–Crippen MR) is 84.4 cm³/mol.